The minimum Gasteiger partial charge on any atom is -0.456 e. The number of rotatable bonds is 3. The molecule has 0 aliphatic carbocycles. The van der Waals surface area contributed by atoms with Crippen LogP contribution in [0.5, 0.6) is 11.5 Å². The molecule has 5 nitrogen and oxygen atoms in total. The van der Waals surface area contributed by atoms with E-state index in [0.29, 0.717) is 11.5 Å². The Morgan fingerprint density at radius 3 is 2.65 bits per heavy atom. The van der Waals surface area contributed by atoms with Crippen LogP contribution in [-0.4, -0.2) is 4.92 Å². The number of nitriles is 1. The Kier molecular flexibility index (Phi) is 4.01. The van der Waals surface area contributed by atoms with Crippen molar-refractivity contribution in [2.75, 3.05) is 0 Å². The second-order valence-corrected chi connectivity index (χ2v) is 4.94. The van der Waals surface area contributed by atoms with Crippen molar-refractivity contribution < 1.29 is 9.66 Å². The lowest BCUT2D eigenvalue weighted by atomic mass is 10.2. The molecule has 20 heavy (non-hydrogen) atoms. The summed E-state index contributed by atoms with van der Waals surface area (Å²) in [6, 6.07) is 11.4. The largest absolute Gasteiger partial charge is 0.456 e. The summed E-state index contributed by atoms with van der Waals surface area (Å²) in [4.78, 5) is 10.3. The van der Waals surface area contributed by atoms with Crippen LogP contribution in [-0.2, 0) is 0 Å². The smallest absolute Gasteiger partial charge is 0.290 e. The predicted octanol–water partition coefficient (Wildman–Crippen LogP) is 4.33. The van der Waals surface area contributed by atoms with Gasteiger partial charge in [-0.05, 0) is 52.7 Å². The van der Waals surface area contributed by atoms with Crippen LogP contribution in [0.15, 0.2) is 40.9 Å². The van der Waals surface area contributed by atoms with Gasteiger partial charge in [0.05, 0.1) is 15.5 Å². The molecule has 0 spiro atoms. The second kappa shape index (κ2) is 5.72. The Morgan fingerprint density at radius 1 is 1.30 bits per heavy atom. The summed E-state index contributed by atoms with van der Waals surface area (Å²) in [5, 5.41) is 19.7. The third-order valence-electron chi connectivity index (χ3n) is 2.60. The summed E-state index contributed by atoms with van der Waals surface area (Å²) in [5.74, 6) is 0.856. The van der Waals surface area contributed by atoms with Crippen LogP contribution in [0.3, 0.4) is 0 Å². The normalized spacial score (nSPS) is 9.85. The molecule has 0 aliphatic rings. The molecule has 100 valence electrons. The van der Waals surface area contributed by atoms with Crippen LogP contribution in [0, 0.1) is 28.4 Å². The van der Waals surface area contributed by atoms with Gasteiger partial charge in [-0.15, -0.1) is 0 Å². The molecule has 0 N–H and O–H groups in total. The van der Waals surface area contributed by atoms with E-state index in [2.05, 4.69) is 15.9 Å². The molecule has 0 aliphatic heterocycles. The van der Waals surface area contributed by atoms with Crippen molar-refractivity contribution in [3.63, 3.8) is 0 Å². The maximum absolute atomic E-state index is 10.9. The fraction of sp³-hybridized carbons (Fsp3) is 0.0714. The van der Waals surface area contributed by atoms with Crippen LogP contribution < -0.4 is 4.74 Å². The molecule has 2 rings (SSSR count). The summed E-state index contributed by atoms with van der Waals surface area (Å²) in [6.07, 6.45) is 0. The van der Waals surface area contributed by atoms with Gasteiger partial charge in [0.25, 0.3) is 5.69 Å². The van der Waals surface area contributed by atoms with Gasteiger partial charge in [0.15, 0.2) is 0 Å². The lowest BCUT2D eigenvalue weighted by Gasteiger charge is -2.08. The standard InChI is InChI=1S/C14H9BrN2O3/c1-9-2-5-14(12(15)6-9)20-11-4-3-10(8-16)13(7-11)17(18)19/h2-7H,1H3. The van der Waals surface area contributed by atoms with E-state index >= 15 is 0 Å². The first kappa shape index (κ1) is 14.0. The molecule has 0 saturated heterocycles. The molecule has 0 unspecified atom stereocenters. The molecule has 0 atom stereocenters. The van der Waals surface area contributed by atoms with E-state index in [-0.39, 0.29) is 11.3 Å². The molecule has 0 bridgehead atoms. The topological polar surface area (TPSA) is 76.2 Å². The van der Waals surface area contributed by atoms with Gasteiger partial charge in [0, 0.05) is 0 Å². The highest BCUT2D eigenvalue weighted by Crippen LogP contribution is 2.32. The van der Waals surface area contributed by atoms with Crippen molar-refractivity contribution in [1.29, 1.82) is 5.26 Å². The Labute approximate surface area is 123 Å². The van der Waals surface area contributed by atoms with Gasteiger partial charge in [-0.3, -0.25) is 10.1 Å². The molecule has 0 radical (unpaired) electrons. The van der Waals surface area contributed by atoms with Gasteiger partial charge in [0.2, 0.25) is 0 Å². The number of ether oxygens (including phenoxy) is 1. The van der Waals surface area contributed by atoms with Crippen LogP contribution in [0.4, 0.5) is 5.69 Å². The zero-order valence-corrected chi connectivity index (χ0v) is 12.0. The number of nitrogens with zero attached hydrogens (tertiary/aromatic N) is 2. The summed E-state index contributed by atoms with van der Waals surface area (Å²) < 4.78 is 6.35. The molecule has 0 amide bonds. The van der Waals surface area contributed by atoms with Crippen LogP contribution in [0.25, 0.3) is 0 Å². The number of aryl methyl sites for hydroxylation is 1. The maximum Gasteiger partial charge on any atom is 0.290 e. The van der Waals surface area contributed by atoms with Crippen molar-refractivity contribution in [2.45, 2.75) is 6.92 Å². The third kappa shape index (κ3) is 2.95. The first-order valence-corrected chi connectivity index (χ1v) is 6.43. The van der Waals surface area contributed by atoms with Gasteiger partial charge in [-0.25, -0.2) is 0 Å². The number of nitro benzene ring substituents is 1. The zero-order valence-electron chi connectivity index (χ0n) is 10.5. The van der Waals surface area contributed by atoms with Crippen LogP contribution >= 0.6 is 15.9 Å². The number of halogens is 1. The Bertz CT molecular complexity index is 723. The lowest BCUT2D eigenvalue weighted by Crippen LogP contribution is -1.94. The van der Waals surface area contributed by atoms with Crippen molar-refractivity contribution in [3.05, 3.63) is 62.1 Å². The van der Waals surface area contributed by atoms with Gasteiger partial charge >= 0.3 is 0 Å². The molecular weight excluding hydrogens is 324 g/mol. The highest BCUT2D eigenvalue weighted by Gasteiger charge is 2.15. The molecule has 2 aromatic carbocycles. The van der Waals surface area contributed by atoms with E-state index in [0.717, 1.165) is 10.0 Å². The van der Waals surface area contributed by atoms with E-state index in [9.17, 15) is 10.1 Å². The average Bonchev–Trinajstić information content (AvgIpc) is 2.41. The summed E-state index contributed by atoms with van der Waals surface area (Å²) in [5.41, 5.74) is 0.800. The molecule has 0 aromatic heterocycles. The van der Waals surface area contributed by atoms with Crippen molar-refractivity contribution >= 4 is 21.6 Å². The highest BCUT2D eigenvalue weighted by atomic mass is 79.9. The lowest BCUT2D eigenvalue weighted by molar-refractivity contribution is -0.385. The van der Waals surface area contributed by atoms with E-state index in [1.807, 2.05) is 19.1 Å². The molecular formula is C14H9BrN2O3. The van der Waals surface area contributed by atoms with Gasteiger partial charge < -0.3 is 4.74 Å². The van der Waals surface area contributed by atoms with Crippen LogP contribution in [0.2, 0.25) is 0 Å². The first-order chi connectivity index (χ1) is 9.51. The fourth-order valence-corrected chi connectivity index (χ4v) is 2.21. The van der Waals surface area contributed by atoms with E-state index in [4.69, 9.17) is 10.00 Å². The van der Waals surface area contributed by atoms with Gasteiger partial charge in [-0.1, -0.05) is 6.07 Å². The summed E-state index contributed by atoms with van der Waals surface area (Å²) in [7, 11) is 0. The van der Waals surface area contributed by atoms with Crippen molar-refractivity contribution in [3.8, 4) is 17.6 Å². The Hall–Kier alpha value is -2.39. The molecule has 0 saturated carbocycles. The number of nitro groups is 1. The monoisotopic (exact) mass is 332 g/mol. The van der Waals surface area contributed by atoms with E-state index < -0.39 is 4.92 Å². The maximum atomic E-state index is 10.9. The summed E-state index contributed by atoms with van der Waals surface area (Å²) in [6.45, 7) is 1.95. The predicted molar refractivity (Wildman–Crippen MR) is 76.8 cm³/mol. The zero-order chi connectivity index (χ0) is 14.7. The molecule has 0 fully saturated rings. The molecule has 6 heteroatoms. The minimum absolute atomic E-state index is 0.00493. The quantitative estimate of drug-likeness (QED) is 0.619. The van der Waals surface area contributed by atoms with E-state index in [1.54, 1.807) is 12.1 Å². The van der Waals surface area contributed by atoms with Crippen LogP contribution in [0.1, 0.15) is 11.1 Å². The Morgan fingerprint density at radius 2 is 2.05 bits per heavy atom. The molecule has 0 heterocycles. The summed E-state index contributed by atoms with van der Waals surface area (Å²) >= 11 is 3.37. The Balaban J connectivity index is 2.37. The number of benzene rings is 2. The fourth-order valence-electron chi connectivity index (χ4n) is 1.64. The number of hydrogen-bond donors (Lipinski definition) is 0. The van der Waals surface area contributed by atoms with E-state index in [1.165, 1.54) is 18.2 Å². The van der Waals surface area contributed by atoms with Gasteiger partial charge in [-0.2, -0.15) is 5.26 Å². The average molecular weight is 333 g/mol. The second-order valence-electron chi connectivity index (χ2n) is 4.08. The number of hydrogen-bond acceptors (Lipinski definition) is 4. The van der Waals surface area contributed by atoms with Crippen molar-refractivity contribution in [1.82, 2.24) is 0 Å². The van der Waals surface area contributed by atoms with Gasteiger partial charge in [0.1, 0.15) is 23.1 Å². The third-order valence-corrected chi connectivity index (χ3v) is 3.22. The van der Waals surface area contributed by atoms with Crippen molar-refractivity contribution in [2.24, 2.45) is 0 Å². The highest BCUT2D eigenvalue weighted by molar-refractivity contribution is 9.10. The molecule has 2 aromatic rings. The minimum atomic E-state index is -0.602. The SMILES string of the molecule is Cc1ccc(Oc2ccc(C#N)c([N+](=O)[O-])c2)c(Br)c1. The first-order valence-electron chi connectivity index (χ1n) is 5.64.